The van der Waals surface area contributed by atoms with Crippen LogP contribution in [0.1, 0.15) is 35.3 Å². The quantitative estimate of drug-likeness (QED) is 0.654. The molecule has 0 spiro atoms. The molecule has 0 bridgehead atoms. The molecule has 3 rings (SSSR count). The van der Waals surface area contributed by atoms with E-state index in [-0.39, 0.29) is 12.3 Å². The van der Waals surface area contributed by atoms with E-state index in [1.807, 2.05) is 36.6 Å². The monoisotopic (exact) mass is 387 g/mol. The molecule has 0 saturated carbocycles. The van der Waals surface area contributed by atoms with Crippen LogP contribution < -0.4 is 10.1 Å². The molecule has 136 valence electrons. The molecular formula is C19H21N3O2S2. The predicted octanol–water partition coefficient (Wildman–Crippen LogP) is 4.89. The van der Waals surface area contributed by atoms with Gasteiger partial charge in [0.05, 0.1) is 29.9 Å². The summed E-state index contributed by atoms with van der Waals surface area (Å²) in [7, 11) is 1.64. The molecule has 0 radical (unpaired) electrons. The molecule has 0 aliphatic rings. The Hall–Kier alpha value is -2.25. The highest BCUT2D eigenvalue weighted by Crippen LogP contribution is 2.31. The third kappa shape index (κ3) is 4.28. The van der Waals surface area contributed by atoms with Gasteiger partial charge >= 0.3 is 0 Å². The molecule has 1 amide bonds. The number of carbonyl (C=O) groups is 1. The van der Waals surface area contributed by atoms with Gasteiger partial charge in [-0.1, -0.05) is 13.8 Å². The van der Waals surface area contributed by atoms with Gasteiger partial charge in [-0.25, -0.2) is 9.97 Å². The third-order valence-electron chi connectivity index (χ3n) is 3.81. The number of thiazole rings is 2. The Labute approximate surface area is 161 Å². The third-order valence-corrected chi connectivity index (χ3v) is 5.89. The maximum atomic E-state index is 12.3. The zero-order valence-electron chi connectivity index (χ0n) is 15.2. The molecule has 5 nitrogen and oxygen atoms in total. The number of hydrogen-bond acceptors (Lipinski definition) is 6. The number of aromatic nitrogens is 2. The number of ether oxygens (including phenoxy) is 1. The molecule has 0 fully saturated rings. The number of benzene rings is 1. The van der Waals surface area contributed by atoms with Gasteiger partial charge in [0.2, 0.25) is 5.91 Å². The Morgan fingerprint density at radius 2 is 1.96 bits per heavy atom. The predicted molar refractivity (Wildman–Crippen MR) is 107 cm³/mol. The first-order chi connectivity index (χ1) is 12.5. The summed E-state index contributed by atoms with van der Waals surface area (Å²) in [5.41, 5.74) is 2.68. The van der Waals surface area contributed by atoms with Crippen molar-refractivity contribution in [2.45, 2.75) is 33.1 Å². The van der Waals surface area contributed by atoms with Crippen molar-refractivity contribution in [3.63, 3.8) is 0 Å². The molecule has 0 unspecified atom stereocenters. The number of aryl methyl sites for hydroxylation is 1. The first kappa shape index (κ1) is 18.5. The molecule has 0 atom stereocenters. The topological polar surface area (TPSA) is 64.1 Å². The normalized spacial score (nSPS) is 11.0. The van der Waals surface area contributed by atoms with Gasteiger partial charge in [0.25, 0.3) is 0 Å². The number of anilines is 1. The lowest BCUT2D eigenvalue weighted by Gasteiger charge is -2.02. The van der Waals surface area contributed by atoms with Crippen LogP contribution in [-0.2, 0) is 11.2 Å². The highest BCUT2D eigenvalue weighted by Gasteiger charge is 2.14. The number of nitrogens with zero attached hydrogens (tertiary/aromatic N) is 2. The van der Waals surface area contributed by atoms with Gasteiger partial charge < -0.3 is 10.1 Å². The first-order valence-electron chi connectivity index (χ1n) is 8.32. The Balaban J connectivity index is 1.68. The average molecular weight is 388 g/mol. The molecule has 1 aromatic carbocycles. The van der Waals surface area contributed by atoms with Crippen LogP contribution in [0.4, 0.5) is 5.13 Å². The summed E-state index contributed by atoms with van der Waals surface area (Å²) in [5.74, 6) is 1.09. The molecule has 0 aliphatic heterocycles. The largest absolute Gasteiger partial charge is 0.497 e. The van der Waals surface area contributed by atoms with E-state index in [4.69, 9.17) is 4.74 Å². The lowest BCUT2D eigenvalue weighted by atomic mass is 10.1. The molecular weight excluding hydrogens is 366 g/mol. The standard InChI is InChI=1S/C19H21N3O2S2/c1-11(2)18-20-14(10-25-18)9-16(23)21-19-22-17(12(3)26-19)13-5-7-15(24-4)8-6-13/h5-8,10-11H,9H2,1-4H3,(H,21,22,23). The molecule has 2 heterocycles. The zero-order valence-corrected chi connectivity index (χ0v) is 16.8. The van der Waals surface area contributed by atoms with Gasteiger partial charge in [-0.15, -0.1) is 22.7 Å². The zero-order chi connectivity index (χ0) is 18.7. The summed E-state index contributed by atoms with van der Waals surface area (Å²) in [6.45, 7) is 6.20. The Kier molecular flexibility index (Phi) is 5.68. The van der Waals surface area contributed by atoms with E-state index in [2.05, 4.69) is 29.1 Å². The summed E-state index contributed by atoms with van der Waals surface area (Å²) in [4.78, 5) is 22.4. The van der Waals surface area contributed by atoms with E-state index in [9.17, 15) is 4.79 Å². The number of hydrogen-bond donors (Lipinski definition) is 1. The van der Waals surface area contributed by atoms with E-state index in [0.29, 0.717) is 11.0 Å². The van der Waals surface area contributed by atoms with Crippen molar-refractivity contribution in [1.82, 2.24) is 9.97 Å². The van der Waals surface area contributed by atoms with Crippen molar-refractivity contribution in [2.24, 2.45) is 0 Å². The molecule has 7 heteroatoms. The summed E-state index contributed by atoms with van der Waals surface area (Å²) >= 11 is 3.07. The summed E-state index contributed by atoms with van der Waals surface area (Å²) < 4.78 is 5.19. The van der Waals surface area contributed by atoms with E-state index < -0.39 is 0 Å². The van der Waals surface area contributed by atoms with E-state index in [1.165, 1.54) is 11.3 Å². The minimum absolute atomic E-state index is 0.0966. The van der Waals surface area contributed by atoms with Crippen molar-refractivity contribution in [2.75, 3.05) is 12.4 Å². The van der Waals surface area contributed by atoms with Crippen molar-refractivity contribution in [1.29, 1.82) is 0 Å². The van der Waals surface area contributed by atoms with Gasteiger partial charge in [0.15, 0.2) is 5.13 Å². The molecule has 2 aromatic heterocycles. The highest BCUT2D eigenvalue weighted by molar-refractivity contribution is 7.16. The molecule has 1 N–H and O–H groups in total. The minimum Gasteiger partial charge on any atom is -0.497 e. The van der Waals surface area contributed by atoms with Crippen LogP contribution in [0.2, 0.25) is 0 Å². The van der Waals surface area contributed by atoms with Crippen molar-refractivity contribution >= 4 is 33.7 Å². The van der Waals surface area contributed by atoms with E-state index in [1.54, 1.807) is 18.4 Å². The van der Waals surface area contributed by atoms with E-state index in [0.717, 1.165) is 32.6 Å². The SMILES string of the molecule is COc1ccc(-c2nc(NC(=O)Cc3csc(C(C)C)n3)sc2C)cc1. The number of amides is 1. The molecule has 26 heavy (non-hydrogen) atoms. The van der Waals surface area contributed by atoms with Crippen molar-refractivity contribution in [3.05, 3.63) is 45.2 Å². The fourth-order valence-corrected chi connectivity index (χ4v) is 4.15. The molecule has 0 saturated heterocycles. The van der Waals surface area contributed by atoms with Gasteiger partial charge in [-0.2, -0.15) is 0 Å². The average Bonchev–Trinajstić information content (AvgIpc) is 3.21. The second kappa shape index (κ2) is 7.97. The van der Waals surface area contributed by atoms with Gasteiger partial charge in [0.1, 0.15) is 5.75 Å². The Bertz CT molecular complexity index is 898. The second-order valence-electron chi connectivity index (χ2n) is 6.21. The Morgan fingerprint density at radius 1 is 1.23 bits per heavy atom. The number of rotatable bonds is 6. The molecule has 0 aliphatic carbocycles. The lowest BCUT2D eigenvalue weighted by molar-refractivity contribution is -0.115. The number of methoxy groups -OCH3 is 1. The summed E-state index contributed by atoms with van der Waals surface area (Å²) in [6, 6.07) is 7.74. The van der Waals surface area contributed by atoms with Crippen LogP contribution in [0.25, 0.3) is 11.3 Å². The van der Waals surface area contributed by atoms with E-state index >= 15 is 0 Å². The second-order valence-corrected chi connectivity index (χ2v) is 8.30. The van der Waals surface area contributed by atoms with Crippen LogP contribution in [-0.4, -0.2) is 23.0 Å². The van der Waals surface area contributed by atoms with Gasteiger partial charge in [-0.05, 0) is 31.2 Å². The maximum Gasteiger partial charge on any atom is 0.232 e. The fourth-order valence-electron chi connectivity index (χ4n) is 2.46. The van der Waals surface area contributed by atoms with Crippen LogP contribution in [0.5, 0.6) is 5.75 Å². The van der Waals surface area contributed by atoms with Crippen molar-refractivity contribution < 1.29 is 9.53 Å². The lowest BCUT2D eigenvalue weighted by Crippen LogP contribution is -2.14. The summed E-state index contributed by atoms with van der Waals surface area (Å²) in [5, 5.41) is 6.50. The fraction of sp³-hybridized carbons (Fsp3) is 0.316. The summed E-state index contributed by atoms with van der Waals surface area (Å²) in [6.07, 6.45) is 0.264. The van der Waals surface area contributed by atoms with Crippen LogP contribution in [0, 0.1) is 6.92 Å². The van der Waals surface area contributed by atoms with Crippen LogP contribution in [0.3, 0.4) is 0 Å². The number of carbonyl (C=O) groups excluding carboxylic acids is 1. The van der Waals surface area contributed by atoms with Gasteiger partial charge in [-0.3, -0.25) is 4.79 Å². The smallest absolute Gasteiger partial charge is 0.232 e. The van der Waals surface area contributed by atoms with Crippen LogP contribution >= 0.6 is 22.7 Å². The highest BCUT2D eigenvalue weighted by atomic mass is 32.1. The maximum absolute atomic E-state index is 12.3. The molecule has 3 aromatic rings. The van der Waals surface area contributed by atoms with Crippen LogP contribution in [0.15, 0.2) is 29.6 Å². The first-order valence-corrected chi connectivity index (χ1v) is 10.0. The Morgan fingerprint density at radius 3 is 2.58 bits per heavy atom. The number of nitrogens with one attached hydrogen (secondary N) is 1. The minimum atomic E-state index is -0.0966. The van der Waals surface area contributed by atoms with Gasteiger partial charge in [0, 0.05) is 21.7 Å². The van der Waals surface area contributed by atoms with Crippen molar-refractivity contribution in [3.8, 4) is 17.0 Å².